The van der Waals surface area contributed by atoms with Gasteiger partial charge in [-0.15, -0.1) is 0 Å². The fourth-order valence-corrected chi connectivity index (χ4v) is 11.8. The summed E-state index contributed by atoms with van der Waals surface area (Å²) in [4.78, 5) is 12.9. The van der Waals surface area contributed by atoms with Gasteiger partial charge in [-0.2, -0.15) is 0 Å². The first-order chi connectivity index (χ1) is 15.2. The SMILES string of the molecule is CC1CC[C@H](C(C)(C)O)O[C@H]2C[C@@]3(C)C4CCC5C(C)(C)C(=O)CC[C@@]56CC46CC[C@]3(C)C12. The molecule has 0 bridgehead atoms. The third kappa shape index (κ3) is 2.58. The van der Waals surface area contributed by atoms with Gasteiger partial charge in [0.05, 0.1) is 17.8 Å². The summed E-state index contributed by atoms with van der Waals surface area (Å²) in [6, 6.07) is 0. The van der Waals surface area contributed by atoms with Gasteiger partial charge in [-0.3, -0.25) is 4.79 Å². The molecule has 186 valence electrons. The van der Waals surface area contributed by atoms with Crippen molar-refractivity contribution in [3.63, 3.8) is 0 Å². The summed E-state index contributed by atoms with van der Waals surface area (Å²) in [6.45, 7) is 16.1. The third-order valence-electron chi connectivity index (χ3n) is 13.5. The van der Waals surface area contributed by atoms with Crippen molar-refractivity contribution in [3.05, 3.63) is 0 Å². The van der Waals surface area contributed by atoms with E-state index in [0.29, 0.717) is 45.2 Å². The first kappa shape index (κ1) is 23.0. The molecule has 0 aromatic heterocycles. The number of hydrogen-bond donors (Lipinski definition) is 1. The highest BCUT2D eigenvalue weighted by atomic mass is 16.5. The largest absolute Gasteiger partial charge is 0.388 e. The van der Waals surface area contributed by atoms with Gasteiger partial charge in [0, 0.05) is 11.8 Å². The van der Waals surface area contributed by atoms with Gasteiger partial charge in [-0.1, -0.05) is 34.6 Å². The molecule has 5 unspecified atom stereocenters. The van der Waals surface area contributed by atoms with E-state index < -0.39 is 5.60 Å². The molecule has 0 radical (unpaired) electrons. The zero-order valence-electron chi connectivity index (χ0n) is 22.3. The summed E-state index contributed by atoms with van der Waals surface area (Å²) in [7, 11) is 0. The number of ketones is 1. The second-order valence-corrected chi connectivity index (χ2v) is 15.3. The van der Waals surface area contributed by atoms with Crippen LogP contribution in [0.3, 0.4) is 0 Å². The molecular formula is C30H48O3. The summed E-state index contributed by atoms with van der Waals surface area (Å²) in [5.74, 6) is 3.14. The molecule has 1 heterocycles. The van der Waals surface area contributed by atoms with Crippen LogP contribution in [-0.2, 0) is 9.53 Å². The predicted molar refractivity (Wildman–Crippen MR) is 131 cm³/mol. The molecular weight excluding hydrogens is 408 g/mol. The Morgan fingerprint density at radius 1 is 0.909 bits per heavy atom. The molecule has 5 saturated carbocycles. The molecule has 33 heavy (non-hydrogen) atoms. The Balaban J connectivity index is 1.37. The van der Waals surface area contributed by atoms with Crippen molar-refractivity contribution in [1.29, 1.82) is 0 Å². The number of Topliss-reactive ketones (excluding diaryl/α,β-unsaturated/α-hetero) is 1. The molecule has 5 aliphatic carbocycles. The zero-order chi connectivity index (χ0) is 23.8. The molecule has 2 spiro atoms. The van der Waals surface area contributed by atoms with Crippen LogP contribution in [-0.4, -0.2) is 28.7 Å². The number of carbonyl (C=O) groups excluding carboxylic acids is 1. The standard InChI is InChI=1S/C30H48O3/c1-18-8-11-23(26(4,5)32)33-19-16-28(7)21-10-9-20-25(2,3)22(31)12-13-29(20)17-30(21,29)15-14-27(28,6)24(18)19/h18-21,23-24,32H,8-17H2,1-7H3/t18?,19-,20?,21?,23+,24?,27+,28-,29+,30?/m0/s1. The maximum absolute atomic E-state index is 12.9. The number of hydrogen-bond acceptors (Lipinski definition) is 3. The van der Waals surface area contributed by atoms with Gasteiger partial charge in [-0.05, 0) is 117 Å². The van der Waals surface area contributed by atoms with Crippen LogP contribution in [0.15, 0.2) is 0 Å². The lowest BCUT2D eigenvalue weighted by Crippen LogP contribution is -2.57. The van der Waals surface area contributed by atoms with Gasteiger partial charge in [0.1, 0.15) is 5.78 Å². The molecule has 0 aromatic rings. The first-order valence-corrected chi connectivity index (χ1v) is 14.1. The van der Waals surface area contributed by atoms with Crippen molar-refractivity contribution in [2.24, 2.45) is 50.7 Å². The molecule has 0 amide bonds. The average molecular weight is 457 g/mol. The minimum Gasteiger partial charge on any atom is -0.388 e. The zero-order valence-corrected chi connectivity index (χ0v) is 22.3. The average Bonchev–Trinajstić information content (AvgIpc) is 3.35. The van der Waals surface area contributed by atoms with Crippen molar-refractivity contribution in [1.82, 2.24) is 0 Å². The van der Waals surface area contributed by atoms with Crippen LogP contribution in [0.2, 0.25) is 0 Å². The van der Waals surface area contributed by atoms with Gasteiger partial charge in [0.15, 0.2) is 0 Å². The van der Waals surface area contributed by atoms with Crippen molar-refractivity contribution in [3.8, 4) is 0 Å². The van der Waals surface area contributed by atoms with Gasteiger partial charge >= 0.3 is 0 Å². The van der Waals surface area contributed by atoms with E-state index in [1.807, 2.05) is 13.8 Å². The summed E-state index contributed by atoms with van der Waals surface area (Å²) >= 11 is 0. The summed E-state index contributed by atoms with van der Waals surface area (Å²) < 4.78 is 6.88. The Kier molecular flexibility index (Phi) is 4.51. The van der Waals surface area contributed by atoms with Gasteiger partial charge in [0.2, 0.25) is 0 Å². The highest BCUT2D eigenvalue weighted by Crippen LogP contribution is 2.89. The van der Waals surface area contributed by atoms with Crippen molar-refractivity contribution < 1.29 is 14.6 Å². The molecule has 6 rings (SSSR count). The Bertz CT molecular complexity index is 870. The van der Waals surface area contributed by atoms with Crippen molar-refractivity contribution in [2.45, 2.75) is 130 Å². The van der Waals surface area contributed by atoms with E-state index in [1.54, 1.807) is 0 Å². The molecule has 0 aromatic carbocycles. The maximum atomic E-state index is 12.9. The Morgan fingerprint density at radius 2 is 1.58 bits per heavy atom. The van der Waals surface area contributed by atoms with Gasteiger partial charge in [-0.25, -0.2) is 0 Å². The number of ether oxygens (including phenoxy) is 1. The quantitative estimate of drug-likeness (QED) is 0.486. The second kappa shape index (κ2) is 6.47. The second-order valence-electron chi connectivity index (χ2n) is 15.3. The Labute approximate surface area is 201 Å². The molecule has 6 aliphatic rings. The van der Waals surface area contributed by atoms with Gasteiger partial charge < -0.3 is 9.84 Å². The highest BCUT2D eigenvalue weighted by molar-refractivity contribution is 5.86. The van der Waals surface area contributed by atoms with Crippen LogP contribution in [0.4, 0.5) is 0 Å². The van der Waals surface area contributed by atoms with E-state index in [-0.39, 0.29) is 17.6 Å². The molecule has 10 atom stereocenters. The lowest BCUT2D eigenvalue weighted by atomic mass is 9.42. The van der Waals surface area contributed by atoms with E-state index in [1.165, 1.54) is 44.9 Å². The molecule has 1 aliphatic heterocycles. The van der Waals surface area contributed by atoms with Crippen molar-refractivity contribution in [2.75, 3.05) is 0 Å². The van der Waals surface area contributed by atoms with Crippen LogP contribution in [0.5, 0.6) is 0 Å². The molecule has 1 N–H and O–H groups in total. The third-order valence-corrected chi connectivity index (χ3v) is 13.5. The summed E-state index contributed by atoms with van der Waals surface area (Å²) in [6.07, 6.45) is 12.1. The Hall–Kier alpha value is -0.410. The lowest BCUT2D eigenvalue weighted by Gasteiger charge is -2.62. The summed E-state index contributed by atoms with van der Waals surface area (Å²) in [5.41, 5.74) is 0.626. The number of aliphatic hydroxyl groups is 1. The molecule has 6 fully saturated rings. The summed E-state index contributed by atoms with van der Waals surface area (Å²) in [5, 5.41) is 10.8. The minimum absolute atomic E-state index is 0.0515. The highest BCUT2D eigenvalue weighted by Gasteiger charge is 2.83. The van der Waals surface area contributed by atoms with Crippen LogP contribution in [0.1, 0.15) is 113 Å². The van der Waals surface area contributed by atoms with E-state index >= 15 is 0 Å². The van der Waals surface area contributed by atoms with E-state index in [9.17, 15) is 9.90 Å². The van der Waals surface area contributed by atoms with Gasteiger partial charge in [0.25, 0.3) is 0 Å². The monoisotopic (exact) mass is 456 g/mol. The molecule has 3 heteroatoms. The van der Waals surface area contributed by atoms with E-state index in [4.69, 9.17) is 4.74 Å². The predicted octanol–water partition coefficient (Wildman–Crippen LogP) is 6.56. The van der Waals surface area contributed by atoms with Crippen LogP contribution in [0.25, 0.3) is 0 Å². The maximum Gasteiger partial charge on any atom is 0.138 e. The fraction of sp³-hybridized carbons (Fsp3) is 0.967. The van der Waals surface area contributed by atoms with Crippen molar-refractivity contribution >= 4 is 5.78 Å². The lowest BCUT2D eigenvalue weighted by molar-refractivity contribution is -0.157. The molecule has 1 saturated heterocycles. The first-order valence-electron chi connectivity index (χ1n) is 14.1. The fourth-order valence-electron chi connectivity index (χ4n) is 11.8. The van der Waals surface area contributed by atoms with E-state index in [0.717, 1.165) is 25.2 Å². The topological polar surface area (TPSA) is 46.5 Å². The number of carbonyl (C=O) groups is 1. The van der Waals surface area contributed by atoms with Crippen LogP contribution in [0, 0.1) is 50.7 Å². The minimum atomic E-state index is -0.774. The van der Waals surface area contributed by atoms with Crippen LogP contribution >= 0.6 is 0 Å². The van der Waals surface area contributed by atoms with Crippen LogP contribution < -0.4 is 0 Å². The normalized spacial score (nSPS) is 57.2. The molecule has 3 nitrogen and oxygen atoms in total. The number of fused-ring (bicyclic) bond motifs is 4. The van der Waals surface area contributed by atoms with E-state index in [2.05, 4.69) is 34.6 Å². The smallest absolute Gasteiger partial charge is 0.138 e. The number of rotatable bonds is 1. The Morgan fingerprint density at radius 3 is 2.27 bits per heavy atom.